The number of nitrogens with zero attached hydrogens (tertiary/aromatic N) is 4. The molecule has 0 saturated heterocycles. The first-order valence-electron chi connectivity index (χ1n) is 13.3. The highest BCUT2D eigenvalue weighted by atomic mass is 31.2. The summed E-state index contributed by atoms with van der Waals surface area (Å²) >= 11 is 0. The summed E-state index contributed by atoms with van der Waals surface area (Å²) in [5.41, 5.74) is 5.47. The molecule has 2 aromatic rings. The van der Waals surface area contributed by atoms with Crippen molar-refractivity contribution in [2.45, 2.75) is 105 Å². The quantitative estimate of drug-likeness (QED) is 0.160. The highest BCUT2D eigenvalue weighted by molar-refractivity contribution is 7.56. The normalized spacial score (nSPS) is 15.2. The molecule has 0 bridgehead atoms. The average molecular weight is 571 g/mol. The molecule has 1 unspecified atom stereocenters. The van der Waals surface area contributed by atoms with Crippen molar-refractivity contribution in [3.05, 3.63) is 12.7 Å². The Morgan fingerprint density at radius 3 is 2.51 bits per heavy atom. The van der Waals surface area contributed by atoms with Gasteiger partial charge in [-0.15, -0.1) is 0 Å². The van der Waals surface area contributed by atoms with E-state index in [9.17, 15) is 14.2 Å². The molecule has 0 radical (unpaired) electrons. The average Bonchev–Trinajstić information content (AvgIpc) is 3.25. The standard InChI is InChI=1S/C25H43N6O7P/c1-8-9-10-11-12-35-24(33)25(6,7)30-39(34,38-19(5)23(32)37-17(2)3)16-36-18(4)13-31-15-29-20-21(26)27-14-28-22(20)31/h14-15,17-19H,8-13,16H2,1-7H3,(H,30,34)(H2,26,27,28)/t18-,19+,39?/m1/s1. The first-order valence-corrected chi connectivity index (χ1v) is 15.1. The van der Waals surface area contributed by atoms with Crippen molar-refractivity contribution in [3.8, 4) is 0 Å². The second kappa shape index (κ2) is 14.7. The molecule has 3 N–H and O–H groups in total. The number of unbranched alkanes of at least 4 members (excludes halogenated alkanes) is 3. The third-order valence-electron chi connectivity index (χ3n) is 5.62. The van der Waals surface area contributed by atoms with E-state index in [1.807, 2.05) is 0 Å². The van der Waals surface area contributed by atoms with Crippen LogP contribution >= 0.6 is 7.52 Å². The number of esters is 2. The van der Waals surface area contributed by atoms with Gasteiger partial charge in [-0.2, -0.15) is 0 Å². The fourth-order valence-corrected chi connectivity index (χ4v) is 5.82. The zero-order chi connectivity index (χ0) is 29.2. The van der Waals surface area contributed by atoms with Crippen LogP contribution < -0.4 is 10.8 Å². The van der Waals surface area contributed by atoms with Gasteiger partial charge in [0.2, 0.25) is 0 Å². The van der Waals surface area contributed by atoms with Gasteiger partial charge < -0.3 is 29.0 Å². The second-order valence-corrected chi connectivity index (χ2v) is 12.3. The largest absolute Gasteiger partial charge is 0.464 e. The summed E-state index contributed by atoms with van der Waals surface area (Å²) < 4.78 is 37.9. The van der Waals surface area contributed by atoms with Crippen molar-refractivity contribution in [2.24, 2.45) is 0 Å². The molecule has 0 aliphatic heterocycles. The van der Waals surface area contributed by atoms with Crippen LogP contribution in [0.2, 0.25) is 0 Å². The minimum Gasteiger partial charge on any atom is -0.464 e. The number of aromatic nitrogens is 4. The summed E-state index contributed by atoms with van der Waals surface area (Å²) in [6.07, 6.45) is 4.25. The molecule has 2 rings (SSSR count). The van der Waals surface area contributed by atoms with Crippen LogP contribution in [0.15, 0.2) is 12.7 Å². The number of hydrogen-bond donors (Lipinski definition) is 2. The molecule has 3 atom stereocenters. The third-order valence-corrected chi connectivity index (χ3v) is 7.66. The Morgan fingerprint density at radius 1 is 1.13 bits per heavy atom. The second-order valence-electron chi connectivity index (χ2n) is 10.3. The smallest absolute Gasteiger partial charge is 0.335 e. The number of ether oxygens (including phenoxy) is 3. The topological polar surface area (TPSA) is 170 Å². The number of nitrogens with two attached hydrogens (primary N) is 1. The van der Waals surface area contributed by atoms with Gasteiger partial charge >= 0.3 is 11.9 Å². The van der Waals surface area contributed by atoms with Crippen molar-refractivity contribution in [2.75, 3.05) is 18.7 Å². The van der Waals surface area contributed by atoms with Crippen LogP contribution in [-0.4, -0.2) is 68.3 Å². The van der Waals surface area contributed by atoms with E-state index >= 15 is 0 Å². The van der Waals surface area contributed by atoms with Crippen molar-refractivity contribution in [1.82, 2.24) is 24.6 Å². The number of nitrogens with one attached hydrogen (secondary N) is 1. The highest BCUT2D eigenvalue weighted by Gasteiger charge is 2.40. The Morgan fingerprint density at radius 2 is 1.85 bits per heavy atom. The molecule has 0 saturated carbocycles. The van der Waals surface area contributed by atoms with E-state index in [4.69, 9.17) is 24.5 Å². The van der Waals surface area contributed by atoms with Gasteiger partial charge in [-0.05, 0) is 48.0 Å². The van der Waals surface area contributed by atoms with Crippen LogP contribution in [0.5, 0.6) is 0 Å². The molecule has 220 valence electrons. The van der Waals surface area contributed by atoms with Crippen LogP contribution in [-0.2, 0) is 39.4 Å². The first-order chi connectivity index (χ1) is 18.3. The molecule has 0 aliphatic rings. The van der Waals surface area contributed by atoms with Crippen molar-refractivity contribution in [1.29, 1.82) is 0 Å². The number of hydrogen-bond acceptors (Lipinski definition) is 11. The lowest BCUT2D eigenvalue weighted by Crippen LogP contribution is -2.47. The lowest BCUT2D eigenvalue weighted by atomic mass is 10.1. The van der Waals surface area contributed by atoms with Crippen molar-refractivity contribution in [3.63, 3.8) is 0 Å². The van der Waals surface area contributed by atoms with Crippen LogP contribution in [0.25, 0.3) is 11.2 Å². The first kappa shape index (κ1) is 32.6. The van der Waals surface area contributed by atoms with Crippen molar-refractivity contribution < 1.29 is 32.9 Å². The molecule has 0 amide bonds. The Balaban J connectivity index is 2.12. The number of carbonyl (C=O) groups excluding carboxylic acids is 2. The summed E-state index contributed by atoms with van der Waals surface area (Å²) in [4.78, 5) is 37.6. The molecule has 0 aromatic carbocycles. The van der Waals surface area contributed by atoms with E-state index in [-0.39, 0.29) is 18.5 Å². The van der Waals surface area contributed by atoms with Crippen molar-refractivity contribution >= 4 is 36.4 Å². The number of rotatable bonds is 17. The van der Waals surface area contributed by atoms with E-state index in [1.54, 1.807) is 45.5 Å². The number of nitrogen functional groups attached to an aromatic ring is 1. The Labute approximate surface area is 230 Å². The maximum Gasteiger partial charge on any atom is 0.335 e. The third kappa shape index (κ3) is 10.1. The zero-order valence-corrected chi connectivity index (χ0v) is 24.9. The van der Waals surface area contributed by atoms with Crippen LogP contribution in [0.4, 0.5) is 5.82 Å². The van der Waals surface area contributed by atoms with Gasteiger partial charge in [0.15, 0.2) is 17.6 Å². The summed E-state index contributed by atoms with van der Waals surface area (Å²) in [7, 11) is -3.94. The predicted octanol–water partition coefficient (Wildman–Crippen LogP) is 3.81. The molecule has 39 heavy (non-hydrogen) atoms. The molecule has 13 nitrogen and oxygen atoms in total. The predicted molar refractivity (Wildman–Crippen MR) is 147 cm³/mol. The maximum absolute atomic E-state index is 14.0. The molecule has 2 heterocycles. The Kier molecular flexibility index (Phi) is 12.3. The molecule has 14 heteroatoms. The van der Waals surface area contributed by atoms with Gasteiger partial charge in [0.05, 0.1) is 31.7 Å². The number of fused-ring (bicyclic) bond motifs is 1. The monoisotopic (exact) mass is 570 g/mol. The fraction of sp³-hybridized carbons (Fsp3) is 0.720. The van der Waals surface area contributed by atoms with Gasteiger partial charge in [-0.1, -0.05) is 26.2 Å². The molecular formula is C25H43N6O7P. The SMILES string of the molecule is CCCCCCOC(=O)C(C)(C)NP(=O)(CO[C@H](C)Cn1cnc2c(N)ncnc21)O[C@@H](C)C(=O)OC(C)C. The molecule has 0 fully saturated rings. The molecular weight excluding hydrogens is 527 g/mol. The van der Waals surface area contributed by atoms with E-state index in [0.717, 1.165) is 25.7 Å². The molecule has 2 aromatic heterocycles. The molecule has 0 spiro atoms. The van der Waals surface area contributed by atoms with Crippen LogP contribution in [0.3, 0.4) is 0 Å². The fourth-order valence-electron chi connectivity index (χ4n) is 3.65. The van der Waals surface area contributed by atoms with Crippen LogP contribution in [0.1, 0.15) is 74.1 Å². The van der Waals surface area contributed by atoms with Gasteiger partial charge in [0.25, 0.3) is 7.52 Å². The zero-order valence-electron chi connectivity index (χ0n) is 24.0. The number of carbonyl (C=O) groups is 2. The Bertz CT molecular complexity index is 1140. The van der Waals surface area contributed by atoms with Gasteiger partial charge in [0.1, 0.15) is 23.7 Å². The number of imidazole rings is 1. The van der Waals surface area contributed by atoms with Gasteiger partial charge in [0, 0.05) is 0 Å². The highest BCUT2D eigenvalue weighted by Crippen LogP contribution is 2.46. The van der Waals surface area contributed by atoms with E-state index in [0.29, 0.717) is 17.7 Å². The van der Waals surface area contributed by atoms with E-state index in [1.165, 1.54) is 13.3 Å². The summed E-state index contributed by atoms with van der Waals surface area (Å²) in [5, 5.41) is 2.78. The summed E-state index contributed by atoms with van der Waals surface area (Å²) in [5.74, 6) is -1.01. The maximum atomic E-state index is 14.0. The number of anilines is 1. The van der Waals surface area contributed by atoms with E-state index in [2.05, 4.69) is 27.0 Å². The summed E-state index contributed by atoms with van der Waals surface area (Å²) in [6.45, 7) is 12.3. The molecule has 0 aliphatic carbocycles. The lowest BCUT2D eigenvalue weighted by molar-refractivity contribution is -0.155. The lowest BCUT2D eigenvalue weighted by Gasteiger charge is -2.31. The van der Waals surface area contributed by atoms with Gasteiger partial charge in [-0.3, -0.25) is 9.36 Å². The minimum atomic E-state index is -3.94. The van der Waals surface area contributed by atoms with Crippen LogP contribution in [0, 0.1) is 0 Å². The van der Waals surface area contributed by atoms with E-state index < -0.39 is 43.6 Å². The van der Waals surface area contributed by atoms with Gasteiger partial charge in [-0.25, -0.2) is 24.8 Å². The summed E-state index contributed by atoms with van der Waals surface area (Å²) in [6, 6.07) is 0. The Hall–Kier alpha value is -2.60. The minimum absolute atomic E-state index is 0.257.